The van der Waals surface area contributed by atoms with Crippen LogP contribution in [0, 0.1) is 11.7 Å². The predicted molar refractivity (Wildman–Crippen MR) is 66.6 cm³/mol. The molecular weight excluding hydrogens is 219 g/mol. The van der Waals surface area contributed by atoms with Gasteiger partial charge in [-0.2, -0.15) is 0 Å². The summed E-state index contributed by atoms with van der Waals surface area (Å²) in [6.45, 7) is 6.44. The Balaban J connectivity index is 2.78. The fraction of sp³-hybridized carbons (Fsp3) is 0.571. The Bertz CT molecular complexity index is 346. The minimum atomic E-state index is -0.646. The van der Waals surface area contributed by atoms with Crippen LogP contribution < -0.4 is 4.74 Å². The molecule has 2 nitrogen and oxygen atoms in total. The van der Waals surface area contributed by atoms with Crippen molar-refractivity contribution < 1.29 is 14.2 Å². The Kier molecular flexibility index (Phi) is 5.42. The third kappa shape index (κ3) is 4.00. The average Bonchev–Trinajstić information content (AvgIpc) is 2.30. The Hall–Kier alpha value is -1.09. The molecule has 1 N–H and O–H groups in total. The van der Waals surface area contributed by atoms with E-state index in [0.717, 1.165) is 12.8 Å². The smallest absolute Gasteiger partial charge is 0.128 e. The van der Waals surface area contributed by atoms with Gasteiger partial charge in [-0.05, 0) is 25.0 Å². The molecule has 3 heteroatoms. The largest absolute Gasteiger partial charge is 0.493 e. The van der Waals surface area contributed by atoms with Gasteiger partial charge in [-0.3, -0.25) is 0 Å². The van der Waals surface area contributed by atoms with Crippen LogP contribution in [0.4, 0.5) is 4.39 Å². The van der Waals surface area contributed by atoms with Crippen LogP contribution in [0.25, 0.3) is 0 Å². The molecule has 0 heterocycles. The fourth-order valence-electron chi connectivity index (χ4n) is 1.71. The lowest BCUT2D eigenvalue weighted by atomic mass is 10.1. The van der Waals surface area contributed by atoms with E-state index in [1.54, 1.807) is 13.0 Å². The van der Waals surface area contributed by atoms with Gasteiger partial charge in [0.1, 0.15) is 11.6 Å². The summed E-state index contributed by atoms with van der Waals surface area (Å²) in [7, 11) is 0. The van der Waals surface area contributed by atoms with Crippen molar-refractivity contribution in [3.8, 4) is 5.75 Å². The highest BCUT2D eigenvalue weighted by atomic mass is 19.1. The van der Waals surface area contributed by atoms with Crippen molar-refractivity contribution in [1.82, 2.24) is 0 Å². The number of benzene rings is 1. The summed E-state index contributed by atoms with van der Waals surface area (Å²) in [5.74, 6) is 0.584. The molecule has 1 aromatic carbocycles. The molecule has 96 valence electrons. The highest BCUT2D eigenvalue weighted by Crippen LogP contribution is 2.26. The van der Waals surface area contributed by atoms with Gasteiger partial charge in [-0.25, -0.2) is 4.39 Å². The van der Waals surface area contributed by atoms with Crippen LogP contribution in [0.3, 0.4) is 0 Å². The maximum absolute atomic E-state index is 13.1. The highest BCUT2D eigenvalue weighted by Gasteiger charge is 2.12. The molecule has 0 amide bonds. The van der Waals surface area contributed by atoms with E-state index in [2.05, 4.69) is 13.8 Å². The molecule has 1 aromatic rings. The first-order valence-electron chi connectivity index (χ1n) is 6.18. The third-order valence-electron chi connectivity index (χ3n) is 3.05. The highest BCUT2D eigenvalue weighted by molar-refractivity contribution is 5.35. The van der Waals surface area contributed by atoms with E-state index in [1.165, 1.54) is 12.1 Å². The summed E-state index contributed by atoms with van der Waals surface area (Å²) in [5, 5.41) is 9.57. The summed E-state index contributed by atoms with van der Waals surface area (Å²) < 4.78 is 18.8. The van der Waals surface area contributed by atoms with Crippen LogP contribution in [-0.2, 0) is 0 Å². The number of aliphatic hydroxyl groups excluding tert-OH is 1. The van der Waals surface area contributed by atoms with Crippen molar-refractivity contribution >= 4 is 0 Å². The lowest BCUT2D eigenvalue weighted by Gasteiger charge is -2.17. The van der Waals surface area contributed by atoms with Gasteiger partial charge in [-0.15, -0.1) is 0 Å². The molecule has 1 atom stereocenters. The van der Waals surface area contributed by atoms with Crippen LogP contribution in [-0.4, -0.2) is 11.7 Å². The number of rotatable bonds is 6. The molecule has 0 aliphatic rings. The van der Waals surface area contributed by atoms with E-state index in [9.17, 15) is 9.50 Å². The summed E-state index contributed by atoms with van der Waals surface area (Å²) >= 11 is 0. The van der Waals surface area contributed by atoms with Gasteiger partial charge in [-0.1, -0.05) is 26.7 Å². The lowest BCUT2D eigenvalue weighted by molar-refractivity contribution is 0.184. The SMILES string of the molecule is CCC(CC)COc1cc(F)ccc1[C@H](C)O. The minimum Gasteiger partial charge on any atom is -0.493 e. The molecule has 0 saturated heterocycles. The van der Waals surface area contributed by atoms with Gasteiger partial charge < -0.3 is 9.84 Å². The number of hydrogen-bond donors (Lipinski definition) is 1. The summed E-state index contributed by atoms with van der Waals surface area (Å²) in [4.78, 5) is 0. The van der Waals surface area contributed by atoms with Crippen molar-refractivity contribution in [3.63, 3.8) is 0 Å². The molecule has 0 bridgehead atoms. The normalized spacial score (nSPS) is 12.8. The van der Waals surface area contributed by atoms with Crippen LogP contribution in [0.1, 0.15) is 45.3 Å². The molecule has 0 radical (unpaired) electrons. The molecule has 0 fully saturated rings. The fourth-order valence-corrected chi connectivity index (χ4v) is 1.71. The Morgan fingerprint density at radius 3 is 2.47 bits per heavy atom. The molecule has 0 aromatic heterocycles. The van der Waals surface area contributed by atoms with Crippen LogP contribution in [0.5, 0.6) is 5.75 Å². The van der Waals surface area contributed by atoms with Crippen molar-refractivity contribution in [3.05, 3.63) is 29.6 Å². The second kappa shape index (κ2) is 6.60. The second-order valence-corrected chi connectivity index (χ2v) is 4.35. The first-order valence-corrected chi connectivity index (χ1v) is 6.18. The second-order valence-electron chi connectivity index (χ2n) is 4.35. The maximum atomic E-state index is 13.1. The number of aliphatic hydroxyl groups is 1. The van der Waals surface area contributed by atoms with Crippen molar-refractivity contribution in [2.24, 2.45) is 5.92 Å². The predicted octanol–water partition coefficient (Wildman–Crippen LogP) is 3.69. The van der Waals surface area contributed by atoms with E-state index < -0.39 is 6.10 Å². The topological polar surface area (TPSA) is 29.5 Å². The number of ether oxygens (including phenoxy) is 1. The van der Waals surface area contributed by atoms with Crippen LogP contribution in [0.2, 0.25) is 0 Å². The first kappa shape index (κ1) is 14.0. The van der Waals surface area contributed by atoms with Crippen LogP contribution in [0.15, 0.2) is 18.2 Å². The van der Waals surface area contributed by atoms with Gasteiger partial charge in [0.2, 0.25) is 0 Å². The standard InChI is InChI=1S/C14H21FO2/c1-4-11(5-2)9-17-14-8-12(15)6-7-13(14)10(3)16/h6-8,10-11,16H,4-5,9H2,1-3H3/t10-/m0/s1. The van der Waals surface area contributed by atoms with Gasteiger partial charge in [0.05, 0.1) is 12.7 Å². The zero-order chi connectivity index (χ0) is 12.8. The van der Waals surface area contributed by atoms with Gasteiger partial charge in [0, 0.05) is 11.6 Å². The molecule has 0 unspecified atom stereocenters. The van der Waals surface area contributed by atoms with E-state index >= 15 is 0 Å². The zero-order valence-electron chi connectivity index (χ0n) is 10.7. The van der Waals surface area contributed by atoms with Gasteiger partial charge >= 0.3 is 0 Å². The summed E-state index contributed by atoms with van der Waals surface area (Å²) in [5.41, 5.74) is 0.636. The van der Waals surface area contributed by atoms with E-state index in [1.807, 2.05) is 0 Å². The van der Waals surface area contributed by atoms with Gasteiger partial charge in [0.25, 0.3) is 0 Å². The zero-order valence-corrected chi connectivity index (χ0v) is 10.7. The lowest BCUT2D eigenvalue weighted by Crippen LogP contribution is -2.11. The maximum Gasteiger partial charge on any atom is 0.128 e. The molecule has 1 rings (SSSR count). The molecular formula is C14H21FO2. The molecule has 0 saturated carbocycles. The Labute approximate surface area is 102 Å². The van der Waals surface area contributed by atoms with Gasteiger partial charge in [0.15, 0.2) is 0 Å². The number of halogens is 1. The Morgan fingerprint density at radius 2 is 1.94 bits per heavy atom. The monoisotopic (exact) mass is 240 g/mol. The first-order chi connectivity index (χ1) is 8.08. The molecule has 17 heavy (non-hydrogen) atoms. The van der Waals surface area contributed by atoms with E-state index in [-0.39, 0.29) is 5.82 Å². The average molecular weight is 240 g/mol. The summed E-state index contributed by atoms with van der Waals surface area (Å²) in [6, 6.07) is 4.25. The minimum absolute atomic E-state index is 0.339. The molecule has 0 aliphatic heterocycles. The quantitative estimate of drug-likeness (QED) is 0.821. The van der Waals surface area contributed by atoms with E-state index in [4.69, 9.17) is 4.74 Å². The van der Waals surface area contributed by atoms with Crippen LogP contribution >= 0.6 is 0 Å². The van der Waals surface area contributed by atoms with Crippen molar-refractivity contribution in [1.29, 1.82) is 0 Å². The van der Waals surface area contributed by atoms with E-state index in [0.29, 0.717) is 23.8 Å². The van der Waals surface area contributed by atoms with Crippen molar-refractivity contribution in [2.75, 3.05) is 6.61 Å². The summed E-state index contributed by atoms with van der Waals surface area (Å²) in [6.07, 6.45) is 1.43. The van der Waals surface area contributed by atoms with Crippen molar-refractivity contribution in [2.45, 2.75) is 39.7 Å². The molecule has 0 spiro atoms. The third-order valence-corrected chi connectivity index (χ3v) is 3.05. The molecule has 0 aliphatic carbocycles. The number of hydrogen-bond acceptors (Lipinski definition) is 2. The Morgan fingerprint density at radius 1 is 1.29 bits per heavy atom.